The van der Waals surface area contributed by atoms with Gasteiger partial charge in [0.15, 0.2) is 0 Å². The highest BCUT2D eigenvalue weighted by atomic mass is 35.5. The number of nitrogens with zero attached hydrogens (tertiary/aromatic N) is 1. The Balaban J connectivity index is 1.89. The Morgan fingerprint density at radius 2 is 1.74 bits per heavy atom. The van der Waals surface area contributed by atoms with Crippen LogP contribution in [0.2, 0.25) is 10.0 Å². The van der Waals surface area contributed by atoms with E-state index < -0.39 is 0 Å². The van der Waals surface area contributed by atoms with Gasteiger partial charge in [-0.05, 0) is 61.8 Å². The topological polar surface area (TPSA) is 3.24 Å². The van der Waals surface area contributed by atoms with Crippen LogP contribution < -0.4 is 0 Å². The average Bonchev–Trinajstić information content (AvgIpc) is 2.47. The third kappa shape index (κ3) is 6.39. The Labute approximate surface area is 154 Å². The normalized spacial score (nSPS) is 12.6. The summed E-state index contributed by atoms with van der Waals surface area (Å²) < 4.78 is 0. The Kier molecular flexibility index (Phi) is 7.29. The molecule has 2 aromatic carbocycles. The van der Waals surface area contributed by atoms with Crippen LogP contribution in [0.1, 0.15) is 18.1 Å². The zero-order valence-electron chi connectivity index (χ0n) is 13.9. The molecule has 0 aromatic heterocycles. The Morgan fingerprint density at radius 3 is 2.35 bits per heavy atom. The fraction of sp³-hybridized carbons (Fsp3) is 0.368. The molecule has 0 N–H and O–H groups in total. The van der Waals surface area contributed by atoms with Gasteiger partial charge < -0.3 is 4.90 Å². The molecule has 0 aliphatic carbocycles. The summed E-state index contributed by atoms with van der Waals surface area (Å²) in [5, 5.41) is 1.42. The SMILES string of the molecule is CC(Cc1ccc(SCc2ccc(Cl)cc2Cl)cc1)CN(C)C. The van der Waals surface area contributed by atoms with Gasteiger partial charge in [0.05, 0.1) is 0 Å². The number of rotatable bonds is 7. The van der Waals surface area contributed by atoms with E-state index in [2.05, 4.69) is 50.2 Å². The molecule has 1 nitrogen and oxygen atoms in total. The Hall–Kier alpha value is -0.670. The Bertz CT molecular complexity index is 626. The van der Waals surface area contributed by atoms with Gasteiger partial charge in [0, 0.05) is 27.2 Å². The maximum absolute atomic E-state index is 6.22. The lowest BCUT2D eigenvalue weighted by Gasteiger charge is -2.16. The molecule has 0 aliphatic rings. The van der Waals surface area contributed by atoms with Gasteiger partial charge >= 0.3 is 0 Å². The summed E-state index contributed by atoms with van der Waals surface area (Å²) in [5.41, 5.74) is 2.51. The lowest BCUT2D eigenvalue weighted by Crippen LogP contribution is -2.21. The molecule has 0 saturated carbocycles. The van der Waals surface area contributed by atoms with Crippen molar-refractivity contribution >= 4 is 35.0 Å². The summed E-state index contributed by atoms with van der Waals surface area (Å²) in [6.45, 7) is 3.41. The molecular weight excluding hydrogens is 345 g/mol. The van der Waals surface area contributed by atoms with E-state index in [0.717, 1.165) is 29.3 Å². The number of thioether (sulfide) groups is 1. The molecule has 1 atom stereocenters. The summed E-state index contributed by atoms with van der Waals surface area (Å²) in [4.78, 5) is 3.50. The molecule has 1 unspecified atom stereocenters. The van der Waals surface area contributed by atoms with Crippen molar-refractivity contribution in [3.8, 4) is 0 Å². The minimum absolute atomic E-state index is 0.663. The number of hydrogen-bond acceptors (Lipinski definition) is 2. The highest BCUT2D eigenvalue weighted by molar-refractivity contribution is 7.98. The molecule has 0 bridgehead atoms. The summed E-state index contributed by atoms with van der Waals surface area (Å²) in [6.07, 6.45) is 1.12. The molecule has 0 amide bonds. The maximum Gasteiger partial charge on any atom is 0.0461 e. The summed E-state index contributed by atoms with van der Waals surface area (Å²) in [7, 11) is 4.25. The van der Waals surface area contributed by atoms with Gasteiger partial charge in [-0.15, -0.1) is 11.8 Å². The first-order chi connectivity index (χ1) is 10.9. The molecule has 2 rings (SSSR count). The first-order valence-electron chi connectivity index (χ1n) is 7.74. The molecule has 0 saturated heterocycles. The van der Waals surface area contributed by atoms with Crippen LogP contribution in [-0.4, -0.2) is 25.5 Å². The zero-order valence-corrected chi connectivity index (χ0v) is 16.2. The van der Waals surface area contributed by atoms with Crippen LogP contribution in [0.5, 0.6) is 0 Å². The third-order valence-corrected chi connectivity index (χ3v) is 5.24. The van der Waals surface area contributed by atoms with Crippen molar-refractivity contribution in [1.29, 1.82) is 0 Å². The number of benzene rings is 2. The van der Waals surface area contributed by atoms with Crippen molar-refractivity contribution in [3.05, 3.63) is 63.6 Å². The van der Waals surface area contributed by atoms with E-state index in [4.69, 9.17) is 23.2 Å². The van der Waals surface area contributed by atoms with E-state index in [1.54, 1.807) is 17.8 Å². The van der Waals surface area contributed by atoms with E-state index in [1.807, 2.05) is 12.1 Å². The lowest BCUT2D eigenvalue weighted by molar-refractivity contribution is 0.338. The summed E-state index contributed by atoms with van der Waals surface area (Å²) in [5.74, 6) is 1.52. The summed E-state index contributed by atoms with van der Waals surface area (Å²) >= 11 is 13.9. The predicted octanol–water partition coefficient (Wildman–Crippen LogP) is 6.03. The van der Waals surface area contributed by atoms with Crippen LogP contribution in [0.4, 0.5) is 0 Å². The van der Waals surface area contributed by atoms with E-state index in [1.165, 1.54) is 10.5 Å². The van der Waals surface area contributed by atoms with Crippen molar-refractivity contribution < 1.29 is 0 Å². The van der Waals surface area contributed by atoms with E-state index >= 15 is 0 Å². The highest BCUT2D eigenvalue weighted by Crippen LogP contribution is 2.29. The van der Waals surface area contributed by atoms with E-state index in [0.29, 0.717) is 10.9 Å². The van der Waals surface area contributed by atoms with Crippen molar-refractivity contribution in [3.63, 3.8) is 0 Å². The average molecular weight is 368 g/mol. The smallest absolute Gasteiger partial charge is 0.0461 e. The molecular formula is C19H23Cl2NS. The fourth-order valence-electron chi connectivity index (χ4n) is 2.61. The van der Waals surface area contributed by atoms with E-state index in [9.17, 15) is 0 Å². The van der Waals surface area contributed by atoms with Crippen molar-refractivity contribution in [2.45, 2.75) is 24.0 Å². The van der Waals surface area contributed by atoms with Crippen LogP contribution in [0.15, 0.2) is 47.4 Å². The highest BCUT2D eigenvalue weighted by Gasteiger charge is 2.06. The second kappa shape index (κ2) is 8.98. The van der Waals surface area contributed by atoms with Crippen LogP contribution in [0.25, 0.3) is 0 Å². The zero-order chi connectivity index (χ0) is 16.8. The Morgan fingerprint density at radius 1 is 1.04 bits per heavy atom. The standard InChI is InChI=1S/C19H23Cl2NS/c1-14(12-22(2)3)10-15-4-8-18(9-5-15)23-13-16-6-7-17(20)11-19(16)21/h4-9,11,14H,10,12-13H2,1-3H3. The molecule has 23 heavy (non-hydrogen) atoms. The molecule has 0 radical (unpaired) electrons. The summed E-state index contributed by atoms with van der Waals surface area (Å²) in [6, 6.07) is 14.6. The van der Waals surface area contributed by atoms with Crippen LogP contribution >= 0.6 is 35.0 Å². The molecule has 2 aromatic rings. The van der Waals surface area contributed by atoms with Gasteiger partial charge in [0.25, 0.3) is 0 Å². The second-order valence-corrected chi connectivity index (χ2v) is 8.13. The van der Waals surface area contributed by atoms with E-state index in [-0.39, 0.29) is 0 Å². The molecule has 4 heteroatoms. The van der Waals surface area contributed by atoms with Crippen molar-refractivity contribution in [2.24, 2.45) is 5.92 Å². The van der Waals surface area contributed by atoms with Crippen LogP contribution in [0, 0.1) is 5.92 Å². The second-order valence-electron chi connectivity index (χ2n) is 6.24. The molecule has 0 heterocycles. The van der Waals surface area contributed by atoms with Gasteiger partial charge in [-0.3, -0.25) is 0 Å². The fourth-order valence-corrected chi connectivity index (χ4v) is 4.07. The van der Waals surface area contributed by atoms with Gasteiger partial charge in [0.2, 0.25) is 0 Å². The first kappa shape index (κ1) is 18.7. The number of halogens is 2. The van der Waals surface area contributed by atoms with Crippen LogP contribution in [0.3, 0.4) is 0 Å². The maximum atomic E-state index is 6.22. The van der Waals surface area contributed by atoms with Gasteiger partial charge in [0.1, 0.15) is 0 Å². The molecule has 124 valence electrons. The minimum Gasteiger partial charge on any atom is -0.309 e. The molecule has 0 spiro atoms. The van der Waals surface area contributed by atoms with Crippen molar-refractivity contribution in [2.75, 3.05) is 20.6 Å². The largest absolute Gasteiger partial charge is 0.309 e. The third-order valence-electron chi connectivity index (χ3n) is 3.59. The minimum atomic E-state index is 0.663. The first-order valence-corrected chi connectivity index (χ1v) is 9.48. The lowest BCUT2D eigenvalue weighted by atomic mass is 10.0. The molecule has 0 fully saturated rings. The van der Waals surface area contributed by atoms with Gasteiger partial charge in [-0.25, -0.2) is 0 Å². The van der Waals surface area contributed by atoms with Gasteiger partial charge in [-0.1, -0.05) is 48.3 Å². The number of hydrogen-bond donors (Lipinski definition) is 0. The van der Waals surface area contributed by atoms with Crippen LogP contribution in [-0.2, 0) is 12.2 Å². The predicted molar refractivity (Wildman–Crippen MR) is 104 cm³/mol. The quantitative estimate of drug-likeness (QED) is 0.549. The van der Waals surface area contributed by atoms with Gasteiger partial charge in [-0.2, -0.15) is 0 Å². The molecule has 0 aliphatic heterocycles. The van der Waals surface area contributed by atoms with Crippen molar-refractivity contribution in [1.82, 2.24) is 4.90 Å². The monoisotopic (exact) mass is 367 g/mol.